The van der Waals surface area contributed by atoms with Crippen LogP contribution in [0.25, 0.3) is 0 Å². The third kappa shape index (κ3) is 41.1. The van der Waals surface area contributed by atoms with E-state index < -0.39 is 0 Å². The molecule has 0 fully saturated rings. The van der Waals surface area contributed by atoms with Gasteiger partial charge in [0.1, 0.15) is 0 Å². The van der Waals surface area contributed by atoms with Crippen LogP contribution in [0.3, 0.4) is 0 Å². The van der Waals surface area contributed by atoms with Crippen LogP contribution in [0, 0.1) is 11.8 Å². The number of nitrogens with zero attached hydrogens (tertiary/aromatic N) is 2. The van der Waals surface area contributed by atoms with E-state index >= 15 is 0 Å². The fraction of sp³-hybridized carbons (Fsp3) is 0.947. The molecule has 0 radical (unpaired) electrons. The lowest BCUT2D eigenvalue weighted by molar-refractivity contribution is -0.146. The maximum absolute atomic E-state index is 13.9. The molecule has 0 aliphatic heterocycles. The summed E-state index contributed by atoms with van der Waals surface area (Å²) in [6.07, 6.45) is 43.4. The van der Waals surface area contributed by atoms with Gasteiger partial charge in [0.25, 0.3) is 0 Å². The zero-order valence-corrected chi connectivity index (χ0v) is 44.4. The first-order valence-electron chi connectivity index (χ1n) is 28.7. The summed E-state index contributed by atoms with van der Waals surface area (Å²) < 4.78 is 11.6. The van der Waals surface area contributed by atoms with Gasteiger partial charge < -0.3 is 24.4 Å². The average molecular weight is 922 g/mol. The van der Waals surface area contributed by atoms with Gasteiger partial charge in [0.15, 0.2) is 0 Å². The first-order chi connectivity index (χ1) is 31.8. The summed E-state index contributed by atoms with van der Waals surface area (Å²) in [6.45, 7) is 14.9. The highest BCUT2D eigenvalue weighted by molar-refractivity contribution is 5.76. The number of hydrogen-bond acceptors (Lipinski definition) is 7. The van der Waals surface area contributed by atoms with Crippen LogP contribution in [0.2, 0.25) is 0 Å². The van der Waals surface area contributed by atoms with Gasteiger partial charge in [-0.3, -0.25) is 14.4 Å². The van der Waals surface area contributed by atoms with Crippen LogP contribution in [0.1, 0.15) is 285 Å². The number of rotatable bonds is 51. The second-order valence-electron chi connectivity index (χ2n) is 20.2. The molecule has 1 amide bonds. The van der Waals surface area contributed by atoms with Gasteiger partial charge in [0.2, 0.25) is 5.91 Å². The van der Waals surface area contributed by atoms with Crippen LogP contribution in [0.15, 0.2) is 0 Å². The number of aliphatic hydroxyl groups is 1. The van der Waals surface area contributed by atoms with Crippen LogP contribution in [-0.2, 0) is 23.9 Å². The lowest BCUT2D eigenvalue weighted by Gasteiger charge is -2.33. The molecule has 0 saturated carbocycles. The number of carbonyl (C=O) groups excluding carboxylic acids is 3. The van der Waals surface area contributed by atoms with Crippen molar-refractivity contribution in [3.63, 3.8) is 0 Å². The fourth-order valence-corrected chi connectivity index (χ4v) is 9.39. The number of ether oxygens (including phenoxy) is 2. The summed E-state index contributed by atoms with van der Waals surface area (Å²) in [4.78, 5) is 43.6. The fourth-order valence-electron chi connectivity index (χ4n) is 9.39. The lowest BCUT2D eigenvalue weighted by atomic mass is 9.96. The van der Waals surface area contributed by atoms with Crippen molar-refractivity contribution in [2.24, 2.45) is 11.8 Å². The highest BCUT2D eigenvalue weighted by atomic mass is 16.5. The molecule has 1 N–H and O–H groups in total. The molecule has 386 valence electrons. The summed E-state index contributed by atoms with van der Waals surface area (Å²) in [5, 5.41) is 9.46. The van der Waals surface area contributed by atoms with E-state index in [2.05, 4.69) is 51.5 Å². The molecule has 0 spiro atoms. The number of aliphatic hydroxyl groups excluding tert-OH is 1. The van der Waals surface area contributed by atoms with Crippen LogP contribution < -0.4 is 0 Å². The molecule has 0 saturated heterocycles. The maximum atomic E-state index is 13.9. The van der Waals surface area contributed by atoms with Gasteiger partial charge in [-0.15, -0.1) is 0 Å². The molecule has 65 heavy (non-hydrogen) atoms. The highest BCUT2D eigenvalue weighted by Gasteiger charge is 2.23. The van der Waals surface area contributed by atoms with Gasteiger partial charge in [-0.25, -0.2) is 0 Å². The van der Waals surface area contributed by atoms with Gasteiger partial charge in [-0.2, -0.15) is 0 Å². The topological polar surface area (TPSA) is 96.4 Å². The Labute approximate surface area is 404 Å². The molecular formula is C57H112N2O6. The second-order valence-corrected chi connectivity index (χ2v) is 20.2. The summed E-state index contributed by atoms with van der Waals surface area (Å²) in [5.41, 5.74) is 0. The second kappa shape index (κ2) is 48.8. The van der Waals surface area contributed by atoms with Gasteiger partial charge in [-0.1, -0.05) is 202 Å². The van der Waals surface area contributed by atoms with Crippen molar-refractivity contribution in [1.29, 1.82) is 0 Å². The Bertz CT molecular complexity index is 985. The van der Waals surface area contributed by atoms with E-state index in [1.54, 1.807) is 0 Å². The zero-order valence-electron chi connectivity index (χ0n) is 44.4. The molecule has 0 rings (SSSR count). The van der Waals surface area contributed by atoms with Gasteiger partial charge in [0.05, 0.1) is 19.8 Å². The van der Waals surface area contributed by atoms with Crippen molar-refractivity contribution < 1.29 is 29.0 Å². The minimum Gasteiger partial charge on any atom is -0.465 e. The number of likely N-dealkylation sites (N-methyl/N-ethyl adjacent to an activating group) is 1. The van der Waals surface area contributed by atoms with E-state index in [-0.39, 0.29) is 24.6 Å². The standard InChI is InChI=1S/C57H112N2O6/c1-7-12-17-24-33-43-55(61)59(47-36-46-58(6)48-49-60)54(41-31-25-20-22-27-34-44-56(62)64-50-52(37-15-10-4)39-29-18-13-8-2)42-32-26-21-23-28-35-45-57(63)65-51-53(38-16-11-5)40-30-19-14-9-3/h52-54,60H,7-51H2,1-6H3. The Morgan fingerprint density at radius 3 is 1.18 bits per heavy atom. The number of unbranched alkanes of at least 4 members (excludes halogenated alkanes) is 22. The Morgan fingerprint density at radius 1 is 0.400 bits per heavy atom. The number of amides is 1. The summed E-state index contributed by atoms with van der Waals surface area (Å²) in [6, 6.07) is 0.270. The molecule has 8 nitrogen and oxygen atoms in total. The number of esters is 2. The predicted octanol–water partition coefficient (Wildman–Crippen LogP) is 15.7. The third-order valence-corrected chi connectivity index (χ3v) is 13.8. The zero-order chi connectivity index (χ0) is 47.9. The molecule has 0 bridgehead atoms. The predicted molar refractivity (Wildman–Crippen MR) is 277 cm³/mol. The molecule has 8 heteroatoms. The van der Waals surface area contributed by atoms with E-state index in [0.29, 0.717) is 56.8 Å². The lowest BCUT2D eigenvalue weighted by Crippen LogP contribution is -2.42. The van der Waals surface area contributed by atoms with Crippen molar-refractivity contribution in [1.82, 2.24) is 9.80 Å². The van der Waals surface area contributed by atoms with Crippen molar-refractivity contribution in [2.75, 3.05) is 46.5 Å². The Kier molecular flexibility index (Phi) is 47.5. The first kappa shape index (κ1) is 63.3. The van der Waals surface area contributed by atoms with Crippen LogP contribution in [-0.4, -0.2) is 85.3 Å². The first-order valence-corrected chi connectivity index (χ1v) is 28.7. The summed E-state index contributed by atoms with van der Waals surface area (Å²) in [7, 11) is 2.06. The minimum absolute atomic E-state index is 0.0184. The molecule has 0 aliphatic carbocycles. The smallest absolute Gasteiger partial charge is 0.305 e. The third-order valence-electron chi connectivity index (χ3n) is 13.8. The molecule has 2 atom stereocenters. The number of hydrogen-bond donors (Lipinski definition) is 1. The van der Waals surface area contributed by atoms with Crippen LogP contribution in [0.4, 0.5) is 0 Å². The normalized spacial score (nSPS) is 13.0. The van der Waals surface area contributed by atoms with E-state index in [4.69, 9.17) is 9.47 Å². The monoisotopic (exact) mass is 921 g/mol. The quantitative estimate of drug-likeness (QED) is 0.0479. The molecule has 2 unspecified atom stereocenters. The van der Waals surface area contributed by atoms with Crippen molar-refractivity contribution >= 4 is 17.8 Å². The molecule has 0 aromatic carbocycles. The Balaban J connectivity index is 5.04. The minimum atomic E-state index is -0.0184. The average Bonchev–Trinajstić information content (AvgIpc) is 3.30. The van der Waals surface area contributed by atoms with E-state index in [1.165, 1.54) is 135 Å². The van der Waals surface area contributed by atoms with E-state index in [1.807, 2.05) is 0 Å². The van der Waals surface area contributed by atoms with Gasteiger partial charge >= 0.3 is 11.9 Å². The maximum Gasteiger partial charge on any atom is 0.305 e. The largest absolute Gasteiger partial charge is 0.465 e. The number of carbonyl (C=O) groups is 3. The van der Waals surface area contributed by atoms with Crippen molar-refractivity contribution in [2.45, 2.75) is 291 Å². The van der Waals surface area contributed by atoms with E-state index in [0.717, 1.165) is 109 Å². The molecular weight excluding hydrogens is 809 g/mol. The van der Waals surface area contributed by atoms with Gasteiger partial charge in [-0.05, 0) is 89.6 Å². The molecule has 0 heterocycles. The Morgan fingerprint density at radius 2 is 0.754 bits per heavy atom. The molecule has 0 aromatic rings. The van der Waals surface area contributed by atoms with Crippen molar-refractivity contribution in [3.8, 4) is 0 Å². The van der Waals surface area contributed by atoms with Crippen LogP contribution in [0.5, 0.6) is 0 Å². The summed E-state index contributed by atoms with van der Waals surface area (Å²) >= 11 is 0. The Hall–Kier alpha value is -1.67. The summed E-state index contributed by atoms with van der Waals surface area (Å²) in [5.74, 6) is 1.32. The highest BCUT2D eigenvalue weighted by Crippen LogP contribution is 2.23. The SMILES string of the molecule is CCCCCCCC(=O)N(CCCN(C)CCO)C(CCCCCCCCC(=O)OCC(CCCC)CCCCCC)CCCCCCCCC(=O)OCC(CCCC)CCCCCC. The molecule has 0 aliphatic rings. The van der Waals surface area contributed by atoms with E-state index in [9.17, 15) is 19.5 Å². The molecule has 0 aromatic heterocycles. The van der Waals surface area contributed by atoms with Gasteiger partial charge in [0, 0.05) is 38.4 Å². The van der Waals surface area contributed by atoms with Crippen molar-refractivity contribution in [3.05, 3.63) is 0 Å². The van der Waals surface area contributed by atoms with Crippen LogP contribution >= 0.6 is 0 Å².